The standard InChI is InChI=1S/C22H27NO4S/c1-3-26-17-21-16-20(15-19-7-5-4-6-8-19)23(13-14-27-21)28(24,25)22-11-9-18(2)10-12-22/h4-12,16,20H,3,13-15,17H2,1-2H3/t20-/m0/s1. The summed E-state index contributed by atoms with van der Waals surface area (Å²) in [7, 11) is -3.65. The molecule has 28 heavy (non-hydrogen) atoms. The lowest BCUT2D eigenvalue weighted by Crippen LogP contribution is -2.41. The van der Waals surface area contributed by atoms with Gasteiger partial charge in [-0.3, -0.25) is 0 Å². The summed E-state index contributed by atoms with van der Waals surface area (Å²) >= 11 is 0. The molecule has 3 rings (SSSR count). The van der Waals surface area contributed by atoms with Gasteiger partial charge in [0.25, 0.3) is 0 Å². The summed E-state index contributed by atoms with van der Waals surface area (Å²) in [5.41, 5.74) is 2.10. The molecule has 1 heterocycles. The molecular formula is C22H27NO4S. The SMILES string of the molecule is CCOCC1=C[C@H](Cc2ccccc2)N(S(=O)(=O)c2ccc(C)cc2)CCO1. The van der Waals surface area contributed by atoms with Gasteiger partial charge in [-0.1, -0.05) is 48.0 Å². The van der Waals surface area contributed by atoms with Crippen LogP contribution in [0, 0.1) is 6.92 Å². The highest BCUT2D eigenvalue weighted by Gasteiger charge is 2.32. The molecule has 0 unspecified atom stereocenters. The number of hydrogen-bond donors (Lipinski definition) is 0. The normalized spacial score (nSPS) is 18.2. The van der Waals surface area contributed by atoms with Crippen molar-refractivity contribution in [1.29, 1.82) is 0 Å². The molecule has 5 nitrogen and oxygen atoms in total. The monoisotopic (exact) mass is 401 g/mol. The highest BCUT2D eigenvalue weighted by molar-refractivity contribution is 7.89. The van der Waals surface area contributed by atoms with Crippen LogP contribution in [0.15, 0.2) is 71.3 Å². The van der Waals surface area contributed by atoms with Gasteiger partial charge in [0.1, 0.15) is 19.0 Å². The van der Waals surface area contributed by atoms with Crippen molar-refractivity contribution in [2.75, 3.05) is 26.4 Å². The molecule has 0 fully saturated rings. The number of sulfonamides is 1. The van der Waals surface area contributed by atoms with E-state index in [9.17, 15) is 8.42 Å². The smallest absolute Gasteiger partial charge is 0.243 e. The van der Waals surface area contributed by atoms with Gasteiger partial charge in [-0.2, -0.15) is 4.31 Å². The molecule has 0 radical (unpaired) electrons. The Morgan fingerprint density at radius 1 is 1.11 bits per heavy atom. The highest BCUT2D eigenvalue weighted by Crippen LogP contribution is 2.24. The maximum atomic E-state index is 13.4. The molecule has 0 saturated heterocycles. The fraction of sp³-hybridized carbons (Fsp3) is 0.364. The average molecular weight is 402 g/mol. The number of aryl methyl sites for hydroxylation is 1. The molecule has 2 aromatic carbocycles. The zero-order valence-corrected chi connectivity index (χ0v) is 17.2. The summed E-state index contributed by atoms with van der Waals surface area (Å²) in [4.78, 5) is 0.304. The Labute approximate surface area is 167 Å². The van der Waals surface area contributed by atoms with Crippen LogP contribution in [0.2, 0.25) is 0 Å². The van der Waals surface area contributed by atoms with E-state index in [0.717, 1.165) is 11.1 Å². The fourth-order valence-electron chi connectivity index (χ4n) is 3.23. The van der Waals surface area contributed by atoms with Crippen LogP contribution >= 0.6 is 0 Å². The zero-order valence-electron chi connectivity index (χ0n) is 16.4. The third-order valence-corrected chi connectivity index (χ3v) is 6.65. The van der Waals surface area contributed by atoms with Gasteiger partial charge in [-0.05, 0) is 44.0 Å². The van der Waals surface area contributed by atoms with Gasteiger partial charge in [0, 0.05) is 13.2 Å². The maximum Gasteiger partial charge on any atom is 0.243 e. The first kappa shape index (κ1) is 20.6. The molecule has 1 atom stereocenters. The Kier molecular flexibility index (Phi) is 6.88. The molecule has 0 aliphatic carbocycles. The quantitative estimate of drug-likeness (QED) is 0.712. The van der Waals surface area contributed by atoms with Crippen molar-refractivity contribution in [1.82, 2.24) is 4.31 Å². The molecule has 1 aliphatic heterocycles. The van der Waals surface area contributed by atoms with Crippen LogP contribution in [0.5, 0.6) is 0 Å². The van der Waals surface area contributed by atoms with Crippen molar-refractivity contribution in [2.24, 2.45) is 0 Å². The van der Waals surface area contributed by atoms with E-state index in [1.54, 1.807) is 16.4 Å². The minimum Gasteiger partial charge on any atom is -0.494 e. The van der Waals surface area contributed by atoms with Crippen molar-refractivity contribution in [2.45, 2.75) is 31.2 Å². The Bertz CT molecular complexity index is 892. The third-order valence-electron chi connectivity index (χ3n) is 4.71. The van der Waals surface area contributed by atoms with Gasteiger partial charge < -0.3 is 9.47 Å². The van der Waals surface area contributed by atoms with Gasteiger partial charge in [0.05, 0.1) is 10.9 Å². The first-order valence-electron chi connectivity index (χ1n) is 9.54. The van der Waals surface area contributed by atoms with E-state index in [-0.39, 0.29) is 6.04 Å². The fourth-order valence-corrected chi connectivity index (χ4v) is 4.79. The van der Waals surface area contributed by atoms with Crippen molar-refractivity contribution >= 4 is 10.0 Å². The summed E-state index contributed by atoms with van der Waals surface area (Å²) in [6.07, 6.45) is 2.46. The summed E-state index contributed by atoms with van der Waals surface area (Å²) in [5, 5.41) is 0. The molecule has 150 valence electrons. The lowest BCUT2D eigenvalue weighted by atomic mass is 10.1. The van der Waals surface area contributed by atoms with E-state index in [0.29, 0.717) is 43.4 Å². The maximum absolute atomic E-state index is 13.4. The van der Waals surface area contributed by atoms with E-state index in [4.69, 9.17) is 9.47 Å². The zero-order chi connectivity index (χ0) is 20.0. The topological polar surface area (TPSA) is 55.8 Å². The summed E-state index contributed by atoms with van der Waals surface area (Å²) in [6.45, 7) is 5.38. The van der Waals surface area contributed by atoms with E-state index in [2.05, 4.69) is 0 Å². The van der Waals surface area contributed by atoms with Gasteiger partial charge in [0.15, 0.2) is 0 Å². The second kappa shape index (κ2) is 9.37. The predicted molar refractivity (Wildman–Crippen MR) is 110 cm³/mol. The number of nitrogens with zero attached hydrogens (tertiary/aromatic N) is 1. The largest absolute Gasteiger partial charge is 0.494 e. The van der Waals surface area contributed by atoms with Crippen LogP contribution in [0.4, 0.5) is 0 Å². The summed E-state index contributed by atoms with van der Waals surface area (Å²) in [5.74, 6) is 0.685. The molecule has 6 heteroatoms. The second-order valence-electron chi connectivity index (χ2n) is 6.80. The number of benzene rings is 2. The van der Waals surface area contributed by atoms with E-state index in [1.165, 1.54) is 0 Å². The average Bonchev–Trinajstić information content (AvgIpc) is 2.90. The van der Waals surface area contributed by atoms with Gasteiger partial charge in [0.2, 0.25) is 10.0 Å². The Morgan fingerprint density at radius 2 is 1.82 bits per heavy atom. The molecule has 0 N–H and O–H groups in total. The predicted octanol–water partition coefficient (Wildman–Crippen LogP) is 3.55. The van der Waals surface area contributed by atoms with Crippen molar-refractivity contribution in [3.8, 4) is 0 Å². The van der Waals surface area contributed by atoms with Crippen LogP contribution in [-0.4, -0.2) is 45.1 Å². The van der Waals surface area contributed by atoms with Crippen LogP contribution < -0.4 is 0 Å². The summed E-state index contributed by atoms with van der Waals surface area (Å²) < 4.78 is 39.6. The first-order chi connectivity index (χ1) is 13.5. The second-order valence-corrected chi connectivity index (χ2v) is 8.70. The molecule has 1 aliphatic rings. The number of rotatable bonds is 7. The lowest BCUT2D eigenvalue weighted by Gasteiger charge is -2.27. The minimum atomic E-state index is -3.65. The Morgan fingerprint density at radius 3 is 2.50 bits per heavy atom. The highest BCUT2D eigenvalue weighted by atomic mass is 32.2. The molecular weight excluding hydrogens is 374 g/mol. The first-order valence-corrected chi connectivity index (χ1v) is 11.0. The van der Waals surface area contributed by atoms with Crippen molar-refractivity contribution in [3.63, 3.8) is 0 Å². The minimum absolute atomic E-state index is 0.292. The Balaban J connectivity index is 1.95. The molecule has 0 aromatic heterocycles. The Hall–Kier alpha value is -2.15. The summed E-state index contributed by atoms with van der Waals surface area (Å²) in [6, 6.07) is 16.5. The van der Waals surface area contributed by atoms with Crippen LogP contribution in [0.25, 0.3) is 0 Å². The van der Waals surface area contributed by atoms with E-state index < -0.39 is 10.0 Å². The van der Waals surface area contributed by atoms with Gasteiger partial charge in [-0.25, -0.2) is 8.42 Å². The van der Waals surface area contributed by atoms with Crippen LogP contribution in [0.1, 0.15) is 18.1 Å². The van der Waals surface area contributed by atoms with Crippen molar-refractivity contribution in [3.05, 3.63) is 77.6 Å². The molecule has 0 amide bonds. The van der Waals surface area contributed by atoms with Crippen molar-refractivity contribution < 1.29 is 17.9 Å². The molecule has 0 bridgehead atoms. The van der Waals surface area contributed by atoms with Crippen LogP contribution in [-0.2, 0) is 25.9 Å². The van der Waals surface area contributed by atoms with E-state index in [1.807, 2.05) is 62.4 Å². The van der Waals surface area contributed by atoms with Gasteiger partial charge in [-0.15, -0.1) is 0 Å². The number of ether oxygens (including phenoxy) is 2. The molecule has 0 spiro atoms. The number of hydrogen-bond acceptors (Lipinski definition) is 4. The third kappa shape index (κ3) is 5.01. The van der Waals surface area contributed by atoms with Gasteiger partial charge >= 0.3 is 0 Å². The lowest BCUT2D eigenvalue weighted by molar-refractivity contribution is 0.106. The van der Waals surface area contributed by atoms with E-state index >= 15 is 0 Å². The molecule has 2 aromatic rings. The molecule has 0 saturated carbocycles. The van der Waals surface area contributed by atoms with Crippen LogP contribution in [0.3, 0.4) is 0 Å².